The summed E-state index contributed by atoms with van der Waals surface area (Å²) in [5.41, 5.74) is 4.64. The molecule has 0 aromatic carbocycles. The first-order valence-corrected chi connectivity index (χ1v) is 3.79. The van der Waals surface area contributed by atoms with Crippen molar-refractivity contribution < 1.29 is 27.5 Å². The van der Waals surface area contributed by atoms with Crippen LogP contribution in [0.2, 0.25) is 0 Å². The maximum Gasteiger partial charge on any atom is 0.454 e. The molecule has 86 valence electrons. The van der Waals surface area contributed by atoms with E-state index in [1.54, 1.807) is 5.32 Å². The maximum absolute atomic E-state index is 11.8. The summed E-state index contributed by atoms with van der Waals surface area (Å²) in [6.07, 6.45) is -4.89. The predicted molar refractivity (Wildman–Crippen MR) is 43.5 cm³/mol. The van der Waals surface area contributed by atoms with Gasteiger partial charge in [-0.3, -0.25) is 10.1 Å². The average Bonchev–Trinajstić information content (AvgIpc) is 2.01. The molecule has 0 fully saturated rings. The molecular weight excluding hydrogens is 217 g/mol. The smallest absolute Gasteiger partial charge is 0.454 e. The number of ether oxygens (including phenoxy) is 1. The van der Waals surface area contributed by atoms with E-state index in [1.807, 2.05) is 0 Å². The number of urea groups is 1. The van der Waals surface area contributed by atoms with E-state index in [9.17, 15) is 22.8 Å². The van der Waals surface area contributed by atoms with Gasteiger partial charge in [0.25, 0.3) is 5.78 Å². The summed E-state index contributed by atoms with van der Waals surface area (Å²) in [5, 5.41) is 1.74. The standard InChI is InChI=1S/C7H9F3N2O3/c1-2-15-5(12-6(11)14)3-4(13)7(8,9)10/h3H,2H2,1H3,(H3,11,12,14). The van der Waals surface area contributed by atoms with Crippen LogP contribution in [-0.2, 0) is 9.53 Å². The minimum absolute atomic E-state index is 0.0166. The van der Waals surface area contributed by atoms with Gasteiger partial charge >= 0.3 is 12.2 Å². The van der Waals surface area contributed by atoms with Gasteiger partial charge in [0.05, 0.1) is 12.7 Å². The summed E-state index contributed by atoms with van der Waals surface area (Å²) in [6.45, 7) is 1.45. The average molecular weight is 226 g/mol. The van der Waals surface area contributed by atoms with Gasteiger partial charge in [-0.1, -0.05) is 0 Å². The number of hydrogen-bond acceptors (Lipinski definition) is 3. The van der Waals surface area contributed by atoms with Crippen LogP contribution in [0.4, 0.5) is 18.0 Å². The SMILES string of the molecule is CCOC(=CC(=O)C(F)(F)F)NC(N)=O. The molecule has 2 amide bonds. The highest BCUT2D eigenvalue weighted by Gasteiger charge is 2.37. The van der Waals surface area contributed by atoms with Gasteiger partial charge in [-0.15, -0.1) is 0 Å². The Morgan fingerprint density at radius 1 is 1.47 bits per heavy atom. The van der Waals surface area contributed by atoms with Gasteiger partial charge in [0.2, 0.25) is 0 Å². The molecule has 0 unspecified atom stereocenters. The number of ketones is 1. The number of halogens is 3. The van der Waals surface area contributed by atoms with Crippen LogP contribution in [-0.4, -0.2) is 24.6 Å². The Hall–Kier alpha value is -1.73. The van der Waals surface area contributed by atoms with Gasteiger partial charge < -0.3 is 10.5 Å². The number of hydrogen-bond donors (Lipinski definition) is 2. The topological polar surface area (TPSA) is 81.4 Å². The normalized spacial score (nSPS) is 12.1. The number of nitrogens with one attached hydrogen (secondary N) is 1. The largest absolute Gasteiger partial charge is 0.479 e. The number of amides is 2. The van der Waals surface area contributed by atoms with E-state index in [0.717, 1.165) is 0 Å². The fourth-order valence-electron chi connectivity index (χ4n) is 0.592. The zero-order chi connectivity index (χ0) is 12.1. The Balaban J connectivity index is 4.67. The van der Waals surface area contributed by atoms with E-state index in [4.69, 9.17) is 0 Å². The Morgan fingerprint density at radius 2 is 2.00 bits per heavy atom. The van der Waals surface area contributed by atoms with Crippen molar-refractivity contribution in [3.8, 4) is 0 Å². The molecule has 0 saturated carbocycles. The monoisotopic (exact) mass is 226 g/mol. The molecule has 8 heteroatoms. The molecule has 15 heavy (non-hydrogen) atoms. The number of carbonyl (C=O) groups is 2. The quantitative estimate of drug-likeness (QED) is 0.545. The van der Waals surface area contributed by atoms with Gasteiger partial charge in [-0.25, -0.2) is 4.79 Å². The van der Waals surface area contributed by atoms with Crippen molar-refractivity contribution >= 4 is 11.8 Å². The fourth-order valence-corrected chi connectivity index (χ4v) is 0.592. The lowest BCUT2D eigenvalue weighted by Crippen LogP contribution is -2.31. The summed E-state index contributed by atoms with van der Waals surface area (Å²) in [5.74, 6) is -2.77. The van der Waals surface area contributed by atoms with Crippen LogP contribution >= 0.6 is 0 Å². The van der Waals surface area contributed by atoms with Crippen molar-refractivity contribution in [3.63, 3.8) is 0 Å². The molecule has 3 N–H and O–H groups in total. The van der Waals surface area contributed by atoms with Gasteiger partial charge in [0.15, 0.2) is 5.88 Å². The van der Waals surface area contributed by atoms with Crippen molar-refractivity contribution in [2.45, 2.75) is 13.1 Å². The second-order valence-corrected chi connectivity index (χ2v) is 2.29. The fraction of sp³-hybridized carbons (Fsp3) is 0.429. The molecule has 5 nitrogen and oxygen atoms in total. The van der Waals surface area contributed by atoms with E-state index in [0.29, 0.717) is 0 Å². The van der Waals surface area contributed by atoms with Crippen molar-refractivity contribution in [2.24, 2.45) is 5.73 Å². The second kappa shape index (κ2) is 5.23. The molecule has 0 saturated heterocycles. The molecular formula is C7H9F3N2O3. The van der Waals surface area contributed by atoms with Crippen molar-refractivity contribution in [2.75, 3.05) is 6.61 Å². The number of carbonyl (C=O) groups excluding carboxylic acids is 2. The molecule has 0 atom stereocenters. The molecule has 0 aromatic rings. The van der Waals surface area contributed by atoms with Crippen LogP contribution in [0.3, 0.4) is 0 Å². The number of nitrogens with two attached hydrogens (primary N) is 1. The molecule has 0 radical (unpaired) electrons. The van der Waals surface area contributed by atoms with E-state index in [1.165, 1.54) is 6.92 Å². The Labute approximate surface area is 83.1 Å². The second-order valence-electron chi connectivity index (χ2n) is 2.29. The number of allylic oxidation sites excluding steroid dienone is 1. The maximum atomic E-state index is 11.8. The molecule has 0 rings (SSSR count). The predicted octanol–water partition coefficient (Wildman–Crippen LogP) is 0.664. The van der Waals surface area contributed by atoms with Crippen LogP contribution in [0.1, 0.15) is 6.92 Å². The summed E-state index contributed by atoms with van der Waals surface area (Å²) >= 11 is 0. The third-order valence-corrected chi connectivity index (χ3v) is 1.09. The van der Waals surface area contributed by atoms with Gasteiger partial charge in [0.1, 0.15) is 0 Å². The van der Waals surface area contributed by atoms with E-state index < -0.39 is 23.9 Å². The van der Waals surface area contributed by atoms with Crippen LogP contribution in [0.15, 0.2) is 12.0 Å². The summed E-state index contributed by atoms with van der Waals surface area (Å²) < 4.78 is 39.9. The lowest BCUT2D eigenvalue weighted by molar-refractivity contribution is -0.165. The van der Waals surface area contributed by atoms with E-state index in [2.05, 4.69) is 10.5 Å². The molecule has 0 bridgehead atoms. The van der Waals surface area contributed by atoms with Crippen molar-refractivity contribution in [1.29, 1.82) is 0 Å². The lowest BCUT2D eigenvalue weighted by atomic mass is 10.3. The number of alkyl halides is 3. The third kappa shape index (κ3) is 5.55. The van der Waals surface area contributed by atoms with E-state index in [-0.39, 0.29) is 12.7 Å². The Kier molecular flexibility index (Phi) is 4.62. The summed E-state index contributed by atoms with van der Waals surface area (Å²) in [6, 6.07) is -1.12. The molecule has 0 aromatic heterocycles. The number of rotatable bonds is 4. The zero-order valence-corrected chi connectivity index (χ0v) is 7.72. The molecule has 0 aliphatic rings. The first kappa shape index (κ1) is 13.3. The third-order valence-electron chi connectivity index (χ3n) is 1.09. The van der Waals surface area contributed by atoms with Gasteiger partial charge in [0, 0.05) is 0 Å². The van der Waals surface area contributed by atoms with Crippen molar-refractivity contribution in [1.82, 2.24) is 5.32 Å². The van der Waals surface area contributed by atoms with E-state index >= 15 is 0 Å². The minimum atomic E-state index is -5.01. The summed E-state index contributed by atoms with van der Waals surface area (Å²) in [4.78, 5) is 20.8. The van der Waals surface area contributed by atoms with Crippen LogP contribution in [0.25, 0.3) is 0 Å². The molecule has 0 aliphatic carbocycles. The first-order chi connectivity index (χ1) is 6.77. The first-order valence-electron chi connectivity index (χ1n) is 3.79. The highest BCUT2D eigenvalue weighted by molar-refractivity contribution is 5.95. The lowest BCUT2D eigenvalue weighted by Gasteiger charge is -2.08. The highest BCUT2D eigenvalue weighted by Crippen LogP contribution is 2.17. The summed E-state index contributed by atoms with van der Waals surface area (Å²) in [7, 11) is 0. The minimum Gasteiger partial charge on any atom is -0.479 e. The van der Waals surface area contributed by atoms with Crippen LogP contribution < -0.4 is 11.1 Å². The van der Waals surface area contributed by atoms with Gasteiger partial charge in [-0.2, -0.15) is 13.2 Å². The van der Waals surface area contributed by atoms with Crippen LogP contribution in [0, 0.1) is 0 Å². The molecule has 0 aliphatic heterocycles. The molecule has 0 spiro atoms. The van der Waals surface area contributed by atoms with Crippen LogP contribution in [0.5, 0.6) is 0 Å². The van der Waals surface area contributed by atoms with Gasteiger partial charge in [-0.05, 0) is 6.92 Å². The molecule has 0 heterocycles. The number of primary amides is 1. The Bertz CT molecular complexity index is 286. The Morgan fingerprint density at radius 3 is 2.33 bits per heavy atom. The zero-order valence-electron chi connectivity index (χ0n) is 7.72. The highest BCUT2D eigenvalue weighted by atomic mass is 19.4. The van der Waals surface area contributed by atoms with Crippen molar-refractivity contribution in [3.05, 3.63) is 12.0 Å².